The maximum absolute atomic E-state index is 12.9. The number of aliphatic carboxylic acids is 1. The number of hydrogen-bond acceptors (Lipinski definition) is 3. The van der Waals surface area contributed by atoms with Gasteiger partial charge in [0.15, 0.2) is 0 Å². The van der Waals surface area contributed by atoms with Gasteiger partial charge in [-0.2, -0.15) is 0 Å². The molecule has 1 aliphatic heterocycles. The van der Waals surface area contributed by atoms with Crippen LogP contribution in [0.2, 0.25) is 0 Å². The van der Waals surface area contributed by atoms with Crippen molar-refractivity contribution >= 4 is 5.97 Å². The molecule has 0 aliphatic carbocycles. The summed E-state index contributed by atoms with van der Waals surface area (Å²) >= 11 is 0. The van der Waals surface area contributed by atoms with Crippen LogP contribution in [0.3, 0.4) is 0 Å². The van der Waals surface area contributed by atoms with Gasteiger partial charge in [0.1, 0.15) is 24.2 Å². The van der Waals surface area contributed by atoms with Gasteiger partial charge in [0, 0.05) is 6.54 Å². The molecule has 0 amide bonds. The average molecular weight is 329 g/mol. The minimum atomic E-state index is -0.744. The summed E-state index contributed by atoms with van der Waals surface area (Å²) in [6.07, 6.45) is 1.64. The van der Waals surface area contributed by atoms with Crippen molar-refractivity contribution in [2.45, 2.75) is 32.0 Å². The fraction of sp³-hybridized carbons (Fsp3) is 0.316. The summed E-state index contributed by atoms with van der Waals surface area (Å²) < 4.78 is 18.5. The molecule has 0 radical (unpaired) electrons. The van der Waals surface area contributed by atoms with Gasteiger partial charge in [-0.3, -0.25) is 9.69 Å². The molecule has 1 saturated heterocycles. The van der Waals surface area contributed by atoms with Gasteiger partial charge in [0.2, 0.25) is 0 Å². The van der Waals surface area contributed by atoms with Crippen LogP contribution in [0.1, 0.15) is 24.0 Å². The Balaban J connectivity index is 1.55. The molecule has 1 N–H and O–H groups in total. The van der Waals surface area contributed by atoms with Gasteiger partial charge < -0.3 is 9.84 Å². The number of nitrogens with zero attached hydrogens (tertiary/aromatic N) is 1. The molecule has 0 spiro atoms. The van der Waals surface area contributed by atoms with E-state index < -0.39 is 5.97 Å². The van der Waals surface area contributed by atoms with Crippen LogP contribution in [0.5, 0.6) is 5.75 Å². The molecule has 1 atom stereocenters. The number of benzene rings is 2. The van der Waals surface area contributed by atoms with Crippen molar-refractivity contribution in [1.29, 1.82) is 0 Å². The zero-order valence-corrected chi connectivity index (χ0v) is 13.3. The minimum Gasteiger partial charge on any atom is -0.489 e. The number of hydrogen-bond donors (Lipinski definition) is 1. The highest BCUT2D eigenvalue weighted by Crippen LogP contribution is 2.22. The number of carboxylic acid groups (broad SMARTS) is 1. The molecular weight excluding hydrogens is 309 g/mol. The molecule has 5 heteroatoms. The zero-order chi connectivity index (χ0) is 16.9. The van der Waals surface area contributed by atoms with E-state index in [9.17, 15) is 14.3 Å². The maximum atomic E-state index is 12.9. The van der Waals surface area contributed by atoms with Crippen molar-refractivity contribution < 1.29 is 19.0 Å². The van der Waals surface area contributed by atoms with Crippen molar-refractivity contribution in [3.8, 4) is 5.75 Å². The molecular formula is C19H20FNO3. The smallest absolute Gasteiger partial charge is 0.320 e. The van der Waals surface area contributed by atoms with Gasteiger partial charge in [-0.25, -0.2) is 4.39 Å². The first kappa shape index (κ1) is 16.5. The average Bonchev–Trinajstić information content (AvgIpc) is 3.04. The van der Waals surface area contributed by atoms with Crippen LogP contribution >= 0.6 is 0 Å². The van der Waals surface area contributed by atoms with Crippen LogP contribution in [-0.4, -0.2) is 28.6 Å². The van der Waals surface area contributed by atoms with Crippen LogP contribution in [-0.2, 0) is 17.9 Å². The molecule has 0 unspecified atom stereocenters. The molecule has 0 bridgehead atoms. The summed E-state index contributed by atoms with van der Waals surface area (Å²) in [5, 5.41) is 9.22. The third kappa shape index (κ3) is 4.11. The highest BCUT2D eigenvalue weighted by atomic mass is 19.1. The Hall–Kier alpha value is -2.40. The van der Waals surface area contributed by atoms with Crippen LogP contribution < -0.4 is 4.74 Å². The number of halogens is 1. The molecule has 24 heavy (non-hydrogen) atoms. The van der Waals surface area contributed by atoms with E-state index in [1.807, 2.05) is 29.2 Å². The summed E-state index contributed by atoms with van der Waals surface area (Å²) in [4.78, 5) is 13.2. The quantitative estimate of drug-likeness (QED) is 0.882. The maximum Gasteiger partial charge on any atom is 0.320 e. The Kier molecular flexibility index (Phi) is 5.11. The van der Waals surface area contributed by atoms with Gasteiger partial charge in [0.05, 0.1) is 0 Å². The molecule has 1 aliphatic rings. The summed E-state index contributed by atoms with van der Waals surface area (Å²) in [6.45, 7) is 1.84. The Morgan fingerprint density at radius 2 is 1.79 bits per heavy atom. The normalized spacial score (nSPS) is 17.8. The van der Waals surface area contributed by atoms with E-state index in [1.165, 1.54) is 12.1 Å². The largest absolute Gasteiger partial charge is 0.489 e. The summed E-state index contributed by atoms with van der Waals surface area (Å²) in [5.41, 5.74) is 1.97. The molecule has 2 aromatic carbocycles. The van der Waals surface area contributed by atoms with Gasteiger partial charge in [0.25, 0.3) is 0 Å². The Morgan fingerprint density at radius 3 is 2.46 bits per heavy atom. The second-order valence-corrected chi connectivity index (χ2v) is 6.03. The van der Waals surface area contributed by atoms with E-state index in [4.69, 9.17) is 4.74 Å². The Morgan fingerprint density at radius 1 is 1.12 bits per heavy atom. The van der Waals surface area contributed by atoms with Crippen LogP contribution in [0, 0.1) is 5.82 Å². The number of carbonyl (C=O) groups is 1. The van der Waals surface area contributed by atoms with E-state index in [1.54, 1.807) is 12.1 Å². The fourth-order valence-corrected chi connectivity index (χ4v) is 2.97. The van der Waals surface area contributed by atoms with Gasteiger partial charge >= 0.3 is 5.97 Å². The van der Waals surface area contributed by atoms with Crippen LogP contribution in [0.15, 0.2) is 48.5 Å². The van der Waals surface area contributed by atoms with Crippen molar-refractivity contribution in [2.24, 2.45) is 0 Å². The molecule has 1 heterocycles. The lowest BCUT2D eigenvalue weighted by molar-refractivity contribution is -0.142. The third-order valence-corrected chi connectivity index (χ3v) is 4.28. The first-order chi connectivity index (χ1) is 11.6. The second kappa shape index (κ2) is 7.45. The summed E-state index contributed by atoms with van der Waals surface area (Å²) in [5.74, 6) is -0.268. The molecule has 1 fully saturated rings. The molecule has 2 aromatic rings. The van der Waals surface area contributed by atoms with Gasteiger partial charge in [-0.1, -0.05) is 24.3 Å². The lowest BCUT2D eigenvalue weighted by Crippen LogP contribution is -2.35. The van der Waals surface area contributed by atoms with Crippen LogP contribution in [0.4, 0.5) is 4.39 Å². The molecule has 4 nitrogen and oxygen atoms in total. The van der Waals surface area contributed by atoms with Crippen molar-refractivity contribution in [3.63, 3.8) is 0 Å². The molecule has 126 valence electrons. The van der Waals surface area contributed by atoms with E-state index >= 15 is 0 Å². The topological polar surface area (TPSA) is 49.8 Å². The van der Waals surface area contributed by atoms with Crippen molar-refractivity contribution in [1.82, 2.24) is 4.90 Å². The summed E-state index contributed by atoms with van der Waals surface area (Å²) in [6, 6.07) is 13.5. The monoisotopic (exact) mass is 329 g/mol. The lowest BCUT2D eigenvalue weighted by Gasteiger charge is -2.21. The number of rotatable bonds is 6. The lowest BCUT2D eigenvalue weighted by atomic mass is 10.1. The fourth-order valence-electron chi connectivity index (χ4n) is 2.97. The van der Waals surface area contributed by atoms with Gasteiger partial charge in [-0.05, 0) is 54.8 Å². The highest BCUT2D eigenvalue weighted by Gasteiger charge is 2.30. The first-order valence-electron chi connectivity index (χ1n) is 8.05. The second-order valence-electron chi connectivity index (χ2n) is 6.03. The molecule has 0 saturated carbocycles. The first-order valence-corrected chi connectivity index (χ1v) is 8.05. The van der Waals surface area contributed by atoms with E-state index in [0.717, 1.165) is 29.8 Å². The number of ether oxygens (including phenoxy) is 1. The Bertz CT molecular complexity index is 685. The highest BCUT2D eigenvalue weighted by molar-refractivity contribution is 5.73. The summed E-state index contributed by atoms with van der Waals surface area (Å²) in [7, 11) is 0. The SMILES string of the molecule is O=C(O)[C@@H]1CCCN1Cc1ccc(OCc2ccc(F)cc2)cc1. The van der Waals surface area contributed by atoms with E-state index in [-0.39, 0.29) is 11.9 Å². The third-order valence-electron chi connectivity index (χ3n) is 4.28. The number of carboxylic acids is 1. The van der Waals surface area contributed by atoms with E-state index in [0.29, 0.717) is 19.6 Å². The predicted molar refractivity (Wildman–Crippen MR) is 88.2 cm³/mol. The number of likely N-dealkylation sites (tertiary alicyclic amines) is 1. The minimum absolute atomic E-state index is 0.260. The van der Waals surface area contributed by atoms with Gasteiger partial charge in [-0.15, -0.1) is 0 Å². The molecule has 0 aromatic heterocycles. The van der Waals surface area contributed by atoms with Crippen molar-refractivity contribution in [3.05, 3.63) is 65.5 Å². The van der Waals surface area contributed by atoms with E-state index in [2.05, 4.69) is 0 Å². The predicted octanol–water partition coefficient (Wildman–Crippen LogP) is 3.45. The Labute approximate surface area is 140 Å². The molecule has 3 rings (SSSR count). The van der Waals surface area contributed by atoms with Crippen LogP contribution in [0.25, 0.3) is 0 Å². The van der Waals surface area contributed by atoms with Crippen molar-refractivity contribution in [2.75, 3.05) is 6.54 Å². The standard InChI is InChI=1S/C19H20FNO3/c20-16-7-3-15(4-8-16)13-24-17-9-5-14(6-10-17)12-21-11-1-2-18(21)19(22)23/h3-10,18H,1-2,11-13H2,(H,22,23)/t18-/m0/s1. The zero-order valence-electron chi connectivity index (χ0n) is 13.3.